The zero-order chi connectivity index (χ0) is 16.5. The van der Waals surface area contributed by atoms with Crippen LogP contribution in [0.3, 0.4) is 0 Å². The van der Waals surface area contributed by atoms with Crippen molar-refractivity contribution in [2.75, 3.05) is 6.61 Å². The lowest BCUT2D eigenvalue weighted by Crippen LogP contribution is -2.04. The number of benzene rings is 1. The van der Waals surface area contributed by atoms with E-state index in [-0.39, 0.29) is 0 Å². The normalized spacial score (nSPS) is 11.1. The lowest BCUT2D eigenvalue weighted by Gasteiger charge is -2.05. The molecule has 0 saturated heterocycles. The third-order valence-electron chi connectivity index (χ3n) is 3.67. The Labute approximate surface area is 143 Å². The monoisotopic (exact) mass is 336 g/mol. The molecule has 6 heteroatoms. The van der Waals surface area contributed by atoms with Gasteiger partial charge in [-0.15, -0.1) is 11.3 Å². The molecule has 5 nitrogen and oxygen atoms in total. The van der Waals surface area contributed by atoms with Gasteiger partial charge in [0.1, 0.15) is 0 Å². The molecular weight excluding hydrogens is 320 g/mol. The minimum Gasteiger partial charge on any atom is -0.464 e. The van der Waals surface area contributed by atoms with Gasteiger partial charge < -0.3 is 4.74 Å². The van der Waals surface area contributed by atoms with Crippen molar-refractivity contribution in [1.29, 1.82) is 0 Å². The number of aromatic nitrogens is 4. The van der Waals surface area contributed by atoms with E-state index in [4.69, 9.17) is 9.84 Å². The molecule has 0 saturated carbocycles. The molecule has 0 unspecified atom stereocenters. The number of thiophene rings is 1. The third kappa shape index (κ3) is 2.65. The molecule has 0 aliphatic heterocycles. The fourth-order valence-corrected chi connectivity index (χ4v) is 3.19. The second-order valence-corrected chi connectivity index (χ2v) is 6.35. The highest BCUT2D eigenvalue weighted by Crippen LogP contribution is 2.27. The highest BCUT2D eigenvalue weighted by molar-refractivity contribution is 7.13. The first kappa shape index (κ1) is 14.8. The number of aryl methyl sites for hydroxylation is 1. The van der Waals surface area contributed by atoms with Crippen molar-refractivity contribution >= 4 is 17.0 Å². The number of rotatable bonds is 4. The van der Waals surface area contributed by atoms with Crippen LogP contribution >= 0.6 is 11.3 Å². The van der Waals surface area contributed by atoms with Gasteiger partial charge in [0.25, 0.3) is 0 Å². The summed E-state index contributed by atoms with van der Waals surface area (Å²) in [5, 5.41) is 6.73. The van der Waals surface area contributed by atoms with Crippen molar-refractivity contribution < 1.29 is 4.74 Å². The Kier molecular flexibility index (Phi) is 3.74. The largest absolute Gasteiger partial charge is 0.464 e. The highest BCUT2D eigenvalue weighted by Gasteiger charge is 2.15. The summed E-state index contributed by atoms with van der Waals surface area (Å²) in [7, 11) is 0. The molecule has 4 rings (SSSR count). The predicted octanol–water partition coefficient (Wildman–Crippen LogP) is 4.23. The Morgan fingerprint density at radius 2 is 1.96 bits per heavy atom. The number of fused-ring (bicyclic) bond motifs is 1. The minimum atomic E-state index is 0.378. The summed E-state index contributed by atoms with van der Waals surface area (Å²) in [6.45, 7) is 4.52. The molecule has 120 valence electrons. The van der Waals surface area contributed by atoms with Crippen LogP contribution in [0.15, 0.2) is 47.8 Å². The van der Waals surface area contributed by atoms with E-state index in [1.165, 1.54) is 5.56 Å². The van der Waals surface area contributed by atoms with E-state index in [2.05, 4.69) is 41.2 Å². The molecule has 3 aromatic heterocycles. The van der Waals surface area contributed by atoms with E-state index < -0.39 is 0 Å². The second kappa shape index (κ2) is 6.05. The fraction of sp³-hybridized carbons (Fsp3) is 0.167. The van der Waals surface area contributed by atoms with E-state index in [0.717, 1.165) is 27.6 Å². The van der Waals surface area contributed by atoms with Gasteiger partial charge in [-0.25, -0.2) is 0 Å². The summed E-state index contributed by atoms with van der Waals surface area (Å²) >= 11 is 1.62. The molecule has 0 aliphatic carbocycles. The maximum Gasteiger partial charge on any atom is 0.320 e. The molecule has 0 atom stereocenters. The summed E-state index contributed by atoms with van der Waals surface area (Å²) in [6, 6.07) is 14.7. The van der Waals surface area contributed by atoms with Gasteiger partial charge in [-0.05, 0) is 25.3 Å². The minimum absolute atomic E-state index is 0.378. The standard InChI is InChI=1S/C18H16N4OS/c1-3-23-18-19-16-11-14(13-8-6-12(2)7-9-13)21-22(16)17(20-18)15-5-4-10-24-15/h4-11H,3H2,1-2H3. The lowest BCUT2D eigenvalue weighted by atomic mass is 10.1. The Balaban J connectivity index is 1.91. The predicted molar refractivity (Wildman–Crippen MR) is 95.4 cm³/mol. The van der Waals surface area contributed by atoms with Crippen LogP contribution in [0.5, 0.6) is 6.01 Å². The van der Waals surface area contributed by atoms with Gasteiger partial charge in [0.2, 0.25) is 0 Å². The van der Waals surface area contributed by atoms with Gasteiger partial charge in [-0.2, -0.15) is 19.6 Å². The first-order chi connectivity index (χ1) is 11.7. The summed E-state index contributed by atoms with van der Waals surface area (Å²) in [6.07, 6.45) is 0. The van der Waals surface area contributed by atoms with E-state index >= 15 is 0 Å². The SMILES string of the molecule is CCOc1nc(-c2cccs2)n2nc(-c3ccc(C)cc3)cc2n1. The van der Waals surface area contributed by atoms with Gasteiger partial charge >= 0.3 is 6.01 Å². The Hall–Kier alpha value is -2.73. The van der Waals surface area contributed by atoms with Gasteiger partial charge in [-0.1, -0.05) is 35.9 Å². The Morgan fingerprint density at radius 1 is 1.12 bits per heavy atom. The first-order valence-corrected chi connectivity index (χ1v) is 8.64. The average molecular weight is 336 g/mol. The quantitative estimate of drug-likeness (QED) is 0.560. The number of ether oxygens (including phenoxy) is 1. The zero-order valence-electron chi connectivity index (χ0n) is 13.4. The van der Waals surface area contributed by atoms with E-state index in [9.17, 15) is 0 Å². The average Bonchev–Trinajstić information content (AvgIpc) is 3.24. The second-order valence-electron chi connectivity index (χ2n) is 5.41. The molecule has 0 aliphatic rings. The van der Waals surface area contributed by atoms with Crippen LogP contribution in [0.25, 0.3) is 27.6 Å². The molecule has 0 N–H and O–H groups in total. The van der Waals surface area contributed by atoms with E-state index in [1.807, 2.05) is 30.5 Å². The van der Waals surface area contributed by atoms with Crippen LogP contribution in [0.1, 0.15) is 12.5 Å². The van der Waals surface area contributed by atoms with Crippen molar-refractivity contribution in [3.05, 3.63) is 53.4 Å². The van der Waals surface area contributed by atoms with E-state index in [0.29, 0.717) is 12.6 Å². The molecule has 0 bridgehead atoms. The molecule has 24 heavy (non-hydrogen) atoms. The topological polar surface area (TPSA) is 52.3 Å². The summed E-state index contributed by atoms with van der Waals surface area (Å²) in [5.41, 5.74) is 3.88. The maximum absolute atomic E-state index is 5.52. The number of hydrogen-bond acceptors (Lipinski definition) is 5. The van der Waals surface area contributed by atoms with Crippen molar-refractivity contribution in [1.82, 2.24) is 19.6 Å². The maximum atomic E-state index is 5.52. The fourth-order valence-electron chi connectivity index (χ4n) is 2.49. The third-order valence-corrected chi connectivity index (χ3v) is 4.53. The summed E-state index contributed by atoms with van der Waals surface area (Å²) < 4.78 is 7.31. The number of nitrogens with zero attached hydrogens (tertiary/aromatic N) is 4. The molecule has 3 heterocycles. The Bertz CT molecular complexity index is 974. The van der Waals surface area contributed by atoms with Crippen molar-refractivity contribution in [3.8, 4) is 28.0 Å². The van der Waals surface area contributed by atoms with Crippen molar-refractivity contribution in [2.24, 2.45) is 0 Å². The van der Waals surface area contributed by atoms with Gasteiger partial charge in [-0.3, -0.25) is 0 Å². The van der Waals surface area contributed by atoms with Crippen LogP contribution in [0.2, 0.25) is 0 Å². The van der Waals surface area contributed by atoms with Gasteiger partial charge in [0.05, 0.1) is 17.2 Å². The van der Waals surface area contributed by atoms with Crippen LogP contribution < -0.4 is 4.74 Å². The van der Waals surface area contributed by atoms with Crippen LogP contribution in [-0.2, 0) is 0 Å². The zero-order valence-corrected chi connectivity index (χ0v) is 14.2. The molecule has 0 fully saturated rings. The van der Waals surface area contributed by atoms with Crippen LogP contribution in [0.4, 0.5) is 0 Å². The Morgan fingerprint density at radius 3 is 2.67 bits per heavy atom. The van der Waals surface area contributed by atoms with Gasteiger partial charge in [0.15, 0.2) is 11.5 Å². The van der Waals surface area contributed by atoms with E-state index in [1.54, 1.807) is 15.9 Å². The van der Waals surface area contributed by atoms with Crippen LogP contribution in [-0.4, -0.2) is 26.2 Å². The molecule has 1 aromatic carbocycles. The van der Waals surface area contributed by atoms with Crippen molar-refractivity contribution in [3.63, 3.8) is 0 Å². The molecule has 4 aromatic rings. The molecule has 0 radical (unpaired) electrons. The highest BCUT2D eigenvalue weighted by atomic mass is 32.1. The first-order valence-electron chi connectivity index (χ1n) is 7.76. The van der Waals surface area contributed by atoms with Crippen LogP contribution in [0, 0.1) is 6.92 Å². The van der Waals surface area contributed by atoms with Gasteiger partial charge in [0, 0.05) is 11.6 Å². The number of hydrogen-bond donors (Lipinski definition) is 0. The lowest BCUT2D eigenvalue weighted by molar-refractivity contribution is 0.312. The summed E-state index contributed by atoms with van der Waals surface area (Å²) in [4.78, 5) is 10.0. The summed E-state index contributed by atoms with van der Waals surface area (Å²) in [5.74, 6) is 0.747. The van der Waals surface area contributed by atoms with Crippen molar-refractivity contribution in [2.45, 2.75) is 13.8 Å². The molecular formula is C18H16N4OS. The molecule has 0 spiro atoms. The molecule has 0 amide bonds. The smallest absolute Gasteiger partial charge is 0.320 e.